The number of nitrogens with zero attached hydrogens (tertiary/aromatic N) is 1. The van der Waals surface area contributed by atoms with Crippen LogP contribution in [0.25, 0.3) is 11.5 Å². The highest BCUT2D eigenvalue weighted by Crippen LogP contribution is 2.27. The monoisotopic (exact) mass is 314 g/mol. The number of hydrogen-bond donors (Lipinski definition) is 2. The molecule has 1 saturated carbocycles. The van der Waals surface area contributed by atoms with Crippen LogP contribution in [-0.2, 0) is 4.79 Å². The molecule has 0 saturated heterocycles. The quantitative estimate of drug-likeness (QED) is 0.905. The first kappa shape index (κ1) is 15.3. The molecule has 1 aromatic carbocycles. The molecule has 0 spiro atoms. The van der Waals surface area contributed by atoms with Crippen molar-refractivity contribution in [1.29, 1.82) is 0 Å². The van der Waals surface area contributed by atoms with Gasteiger partial charge >= 0.3 is 5.97 Å². The Hall–Kier alpha value is -2.63. The molecule has 1 heterocycles. The van der Waals surface area contributed by atoms with Gasteiger partial charge in [0.2, 0.25) is 5.89 Å². The summed E-state index contributed by atoms with van der Waals surface area (Å²) >= 11 is 0. The molecule has 0 unspecified atom stereocenters. The molecule has 1 amide bonds. The third-order valence-corrected chi connectivity index (χ3v) is 4.18. The molecule has 2 N–H and O–H groups in total. The van der Waals surface area contributed by atoms with Gasteiger partial charge in [0, 0.05) is 11.6 Å². The average Bonchev–Trinajstić information content (AvgIpc) is 3.14. The molecule has 6 nitrogen and oxygen atoms in total. The topological polar surface area (TPSA) is 92.4 Å². The molecule has 0 radical (unpaired) electrons. The number of amides is 1. The summed E-state index contributed by atoms with van der Waals surface area (Å²) in [4.78, 5) is 27.9. The summed E-state index contributed by atoms with van der Waals surface area (Å²) in [6.45, 7) is 1.68. The number of rotatable bonds is 4. The highest BCUT2D eigenvalue weighted by Gasteiger charge is 2.34. The molecule has 1 fully saturated rings. The van der Waals surface area contributed by atoms with Crippen LogP contribution in [0.15, 0.2) is 34.7 Å². The number of hydrogen-bond acceptors (Lipinski definition) is 4. The smallest absolute Gasteiger partial charge is 0.308 e. The highest BCUT2D eigenvalue weighted by molar-refractivity contribution is 5.94. The zero-order valence-corrected chi connectivity index (χ0v) is 12.8. The zero-order chi connectivity index (χ0) is 16.4. The molecule has 0 aliphatic heterocycles. The number of oxazole rings is 1. The van der Waals surface area contributed by atoms with Crippen molar-refractivity contribution in [3.05, 3.63) is 41.8 Å². The first-order valence-corrected chi connectivity index (χ1v) is 7.63. The van der Waals surface area contributed by atoms with Crippen LogP contribution in [0.4, 0.5) is 0 Å². The molecular formula is C17H18N2O4. The predicted octanol–water partition coefficient (Wildman–Crippen LogP) is 2.63. The Morgan fingerprint density at radius 2 is 2.00 bits per heavy atom. The van der Waals surface area contributed by atoms with Crippen molar-refractivity contribution in [1.82, 2.24) is 10.3 Å². The maximum Gasteiger partial charge on any atom is 0.308 e. The Morgan fingerprint density at radius 1 is 1.26 bits per heavy atom. The molecule has 2 aromatic rings. The molecular weight excluding hydrogens is 296 g/mol. The van der Waals surface area contributed by atoms with Crippen molar-refractivity contribution in [2.24, 2.45) is 5.92 Å². The third-order valence-electron chi connectivity index (χ3n) is 4.18. The van der Waals surface area contributed by atoms with Crippen LogP contribution < -0.4 is 5.32 Å². The van der Waals surface area contributed by atoms with Gasteiger partial charge in [-0.3, -0.25) is 9.59 Å². The lowest BCUT2D eigenvalue weighted by Crippen LogP contribution is -2.40. The van der Waals surface area contributed by atoms with E-state index in [0.717, 1.165) is 12.0 Å². The molecule has 1 aromatic heterocycles. The van der Waals surface area contributed by atoms with E-state index >= 15 is 0 Å². The van der Waals surface area contributed by atoms with Gasteiger partial charge < -0.3 is 14.8 Å². The second-order valence-electron chi connectivity index (χ2n) is 5.75. The molecule has 1 aliphatic carbocycles. The van der Waals surface area contributed by atoms with Crippen LogP contribution in [-0.4, -0.2) is 28.0 Å². The van der Waals surface area contributed by atoms with Gasteiger partial charge in [-0.2, -0.15) is 0 Å². The third kappa shape index (κ3) is 3.11. The number of aromatic nitrogens is 1. The Kier molecular flexibility index (Phi) is 4.14. The van der Waals surface area contributed by atoms with E-state index in [1.54, 1.807) is 6.92 Å². The number of aryl methyl sites for hydroxylation is 1. The minimum atomic E-state index is -0.866. The maximum atomic E-state index is 12.4. The zero-order valence-electron chi connectivity index (χ0n) is 12.8. The van der Waals surface area contributed by atoms with Crippen molar-refractivity contribution in [2.45, 2.75) is 32.2 Å². The first-order valence-electron chi connectivity index (χ1n) is 7.63. The summed E-state index contributed by atoms with van der Waals surface area (Å²) in [6, 6.07) is 8.97. The molecule has 2 atom stereocenters. The average molecular weight is 314 g/mol. The van der Waals surface area contributed by atoms with Crippen LogP contribution in [0.2, 0.25) is 0 Å². The fourth-order valence-electron chi connectivity index (χ4n) is 2.98. The molecule has 1 aliphatic rings. The lowest BCUT2D eigenvalue weighted by atomic mass is 10.0. The summed E-state index contributed by atoms with van der Waals surface area (Å²) in [7, 11) is 0. The number of carbonyl (C=O) groups excluding carboxylic acids is 1. The lowest BCUT2D eigenvalue weighted by Gasteiger charge is -2.16. The first-order chi connectivity index (χ1) is 11.1. The van der Waals surface area contributed by atoms with Gasteiger partial charge in [0.1, 0.15) is 5.76 Å². The Bertz CT molecular complexity index is 723. The minimum Gasteiger partial charge on any atom is -0.481 e. The largest absolute Gasteiger partial charge is 0.481 e. The molecule has 0 bridgehead atoms. The number of nitrogens with one attached hydrogen (secondary N) is 1. The van der Waals surface area contributed by atoms with Gasteiger partial charge in [-0.1, -0.05) is 24.6 Å². The normalized spacial score (nSPS) is 20.4. The molecule has 120 valence electrons. The summed E-state index contributed by atoms with van der Waals surface area (Å²) in [5.74, 6) is -0.971. The van der Waals surface area contributed by atoms with Crippen LogP contribution in [0, 0.1) is 12.8 Å². The number of aliphatic carboxylic acids is 1. The van der Waals surface area contributed by atoms with Gasteiger partial charge in [-0.25, -0.2) is 4.98 Å². The van der Waals surface area contributed by atoms with E-state index in [1.807, 2.05) is 30.3 Å². The van der Waals surface area contributed by atoms with Crippen molar-refractivity contribution >= 4 is 11.9 Å². The van der Waals surface area contributed by atoms with Gasteiger partial charge in [-0.05, 0) is 31.9 Å². The Labute approximate surface area is 133 Å². The summed E-state index contributed by atoms with van der Waals surface area (Å²) in [6.07, 6.45) is 2.06. The standard InChI is InChI=1S/C17H18N2O4/c1-10-14(19-16(23-10)11-6-3-2-4-7-11)15(20)18-13-9-5-8-12(13)17(21)22/h2-4,6-7,12-13H,5,8-9H2,1H3,(H,18,20)(H,21,22)/t12-,13+/m0/s1. The molecule has 3 rings (SSSR count). The van der Waals surface area contributed by atoms with Gasteiger partial charge in [0.05, 0.1) is 5.92 Å². The summed E-state index contributed by atoms with van der Waals surface area (Å²) in [5.41, 5.74) is 0.999. The number of benzene rings is 1. The second-order valence-corrected chi connectivity index (χ2v) is 5.75. The number of carboxylic acids is 1. The molecule has 23 heavy (non-hydrogen) atoms. The van der Waals surface area contributed by atoms with E-state index in [4.69, 9.17) is 4.42 Å². The SMILES string of the molecule is Cc1oc(-c2ccccc2)nc1C(=O)N[C@@H]1CCC[C@@H]1C(=O)O. The fraction of sp³-hybridized carbons (Fsp3) is 0.353. The van der Waals surface area contributed by atoms with Gasteiger partial charge in [-0.15, -0.1) is 0 Å². The van der Waals surface area contributed by atoms with E-state index in [0.29, 0.717) is 24.5 Å². The van der Waals surface area contributed by atoms with Crippen LogP contribution in [0.1, 0.15) is 35.5 Å². The van der Waals surface area contributed by atoms with Crippen molar-refractivity contribution < 1.29 is 19.1 Å². The Balaban J connectivity index is 1.78. The fourth-order valence-corrected chi connectivity index (χ4v) is 2.98. The van der Waals surface area contributed by atoms with E-state index in [-0.39, 0.29) is 17.6 Å². The van der Waals surface area contributed by atoms with E-state index in [2.05, 4.69) is 10.3 Å². The van der Waals surface area contributed by atoms with Crippen molar-refractivity contribution in [2.75, 3.05) is 0 Å². The minimum absolute atomic E-state index is 0.208. The van der Waals surface area contributed by atoms with E-state index < -0.39 is 11.9 Å². The van der Waals surface area contributed by atoms with E-state index in [1.165, 1.54) is 0 Å². The maximum absolute atomic E-state index is 12.4. The van der Waals surface area contributed by atoms with Crippen molar-refractivity contribution in [3.8, 4) is 11.5 Å². The van der Waals surface area contributed by atoms with Crippen molar-refractivity contribution in [3.63, 3.8) is 0 Å². The van der Waals surface area contributed by atoms with Crippen LogP contribution in [0.5, 0.6) is 0 Å². The van der Waals surface area contributed by atoms with Crippen LogP contribution >= 0.6 is 0 Å². The number of carbonyl (C=O) groups is 2. The molecule has 6 heteroatoms. The summed E-state index contributed by atoms with van der Waals surface area (Å²) < 4.78 is 5.57. The summed E-state index contributed by atoms with van der Waals surface area (Å²) in [5, 5.41) is 12.0. The van der Waals surface area contributed by atoms with Gasteiger partial charge in [0.15, 0.2) is 5.69 Å². The van der Waals surface area contributed by atoms with Crippen LogP contribution in [0.3, 0.4) is 0 Å². The lowest BCUT2D eigenvalue weighted by molar-refractivity contribution is -0.142. The highest BCUT2D eigenvalue weighted by atomic mass is 16.4. The Morgan fingerprint density at radius 3 is 2.70 bits per heavy atom. The number of carboxylic acid groups (broad SMARTS) is 1. The second kappa shape index (κ2) is 6.24. The predicted molar refractivity (Wildman–Crippen MR) is 82.9 cm³/mol. The van der Waals surface area contributed by atoms with E-state index in [9.17, 15) is 14.7 Å². The van der Waals surface area contributed by atoms with Gasteiger partial charge in [0.25, 0.3) is 5.91 Å².